The minimum atomic E-state index is 0.471. The quantitative estimate of drug-likeness (QED) is 0.891. The Hall–Kier alpha value is -1.84. The van der Waals surface area contributed by atoms with E-state index in [2.05, 4.69) is 64.1 Å². The van der Waals surface area contributed by atoms with Crippen molar-refractivity contribution in [2.75, 3.05) is 38.5 Å². The van der Waals surface area contributed by atoms with Crippen molar-refractivity contribution in [2.45, 2.75) is 12.0 Å². The molecule has 1 fully saturated rings. The summed E-state index contributed by atoms with van der Waals surface area (Å²) in [6.07, 6.45) is 0. The van der Waals surface area contributed by atoms with Gasteiger partial charge in [0.05, 0.1) is 0 Å². The molecule has 2 aromatic rings. The van der Waals surface area contributed by atoms with E-state index in [1.165, 1.54) is 22.4 Å². The average molecular weight is 293 g/mol. The van der Waals surface area contributed by atoms with Crippen molar-refractivity contribution < 1.29 is 0 Å². The standard InChI is InChI=1S/C19H23N3/c1-20-17-9-5-8-15-16(14-6-3-2-4-7-14)13-22-11-10-21-12-18(22)19(15)17/h2-9,16,18,20-21H,10-13H2,1H3. The van der Waals surface area contributed by atoms with Crippen LogP contribution in [0, 0.1) is 0 Å². The summed E-state index contributed by atoms with van der Waals surface area (Å²) in [4.78, 5) is 2.65. The summed E-state index contributed by atoms with van der Waals surface area (Å²) in [6.45, 7) is 4.39. The lowest BCUT2D eigenvalue weighted by molar-refractivity contribution is 0.144. The van der Waals surface area contributed by atoms with Gasteiger partial charge in [0.2, 0.25) is 0 Å². The van der Waals surface area contributed by atoms with Gasteiger partial charge in [-0.3, -0.25) is 4.90 Å². The first-order chi connectivity index (χ1) is 10.9. The van der Waals surface area contributed by atoms with Crippen LogP contribution >= 0.6 is 0 Å². The second kappa shape index (κ2) is 5.75. The molecule has 0 bridgehead atoms. The molecule has 1 saturated heterocycles. The first-order valence-corrected chi connectivity index (χ1v) is 8.18. The van der Waals surface area contributed by atoms with Gasteiger partial charge in [-0.25, -0.2) is 0 Å². The highest BCUT2D eigenvalue weighted by Gasteiger charge is 2.36. The summed E-state index contributed by atoms with van der Waals surface area (Å²) in [6, 6.07) is 18.1. The number of piperazine rings is 1. The number of benzene rings is 2. The Morgan fingerprint density at radius 1 is 1.09 bits per heavy atom. The zero-order valence-corrected chi connectivity index (χ0v) is 13.0. The maximum absolute atomic E-state index is 3.56. The normalized spacial score (nSPS) is 24.4. The van der Waals surface area contributed by atoms with Gasteiger partial charge in [0, 0.05) is 50.9 Å². The maximum Gasteiger partial charge on any atom is 0.0496 e. The molecule has 2 N–H and O–H groups in total. The number of hydrogen-bond acceptors (Lipinski definition) is 3. The average Bonchev–Trinajstić information content (AvgIpc) is 2.61. The largest absolute Gasteiger partial charge is 0.388 e. The first-order valence-electron chi connectivity index (χ1n) is 8.18. The van der Waals surface area contributed by atoms with Crippen molar-refractivity contribution in [1.29, 1.82) is 0 Å². The van der Waals surface area contributed by atoms with E-state index in [4.69, 9.17) is 0 Å². The molecule has 3 heteroatoms. The van der Waals surface area contributed by atoms with Gasteiger partial charge >= 0.3 is 0 Å². The maximum atomic E-state index is 3.56. The second-order valence-corrected chi connectivity index (χ2v) is 6.24. The van der Waals surface area contributed by atoms with Crippen LogP contribution in [0.1, 0.15) is 28.7 Å². The van der Waals surface area contributed by atoms with Crippen LogP contribution in [0.2, 0.25) is 0 Å². The highest BCUT2D eigenvalue weighted by Crippen LogP contribution is 2.42. The van der Waals surface area contributed by atoms with Crippen molar-refractivity contribution in [2.24, 2.45) is 0 Å². The topological polar surface area (TPSA) is 27.3 Å². The van der Waals surface area contributed by atoms with Crippen LogP contribution in [0.15, 0.2) is 48.5 Å². The zero-order valence-electron chi connectivity index (χ0n) is 13.0. The van der Waals surface area contributed by atoms with E-state index < -0.39 is 0 Å². The molecule has 2 unspecified atom stereocenters. The summed E-state index contributed by atoms with van der Waals surface area (Å²) < 4.78 is 0. The lowest BCUT2D eigenvalue weighted by Crippen LogP contribution is -2.50. The Labute approximate surface area is 132 Å². The second-order valence-electron chi connectivity index (χ2n) is 6.24. The van der Waals surface area contributed by atoms with Gasteiger partial charge in [0.1, 0.15) is 0 Å². The Balaban J connectivity index is 1.86. The van der Waals surface area contributed by atoms with Gasteiger partial charge < -0.3 is 10.6 Å². The van der Waals surface area contributed by atoms with Gasteiger partial charge in [-0.05, 0) is 22.8 Å². The molecule has 2 heterocycles. The number of rotatable bonds is 2. The Bertz CT molecular complexity index is 653. The van der Waals surface area contributed by atoms with Crippen LogP contribution in [0.3, 0.4) is 0 Å². The fourth-order valence-corrected chi connectivity index (χ4v) is 4.03. The van der Waals surface area contributed by atoms with E-state index in [0.717, 1.165) is 26.2 Å². The molecule has 3 nitrogen and oxygen atoms in total. The highest BCUT2D eigenvalue weighted by atomic mass is 15.2. The number of anilines is 1. The lowest BCUT2D eigenvalue weighted by Gasteiger charge is -2.45. The molecular formula is C19H23N3. The third-order valence-corrected chi connectivity index (χ3v) is 5.09. The van der Waals surface area contributed by atoms with Crippen LogP contribution in [-0.4, -0.2) is 38.1 Å². The van der Waals surface area contributed by atoms with E-state index in [-0.39, 0.29) is 0 Å². The van der Waals surface area contributed by atoms with E-state index >= 15 is 0 Å². The minimum absolute atomic E-state index is 0.471. The predicted octanol–water partition coefficient (Wildman–Crippen LogP) is 2.82. The summed E-state index contributed by atoms with van der Waals surface area (Å²) in [5.41, 5.74) is 5.67. The summed E-state index contributed by atoms with van der Waals surface area (Å²) in [5.74, 6) is 0.471. The van der Waals surface area contributed by atoms with Crippen molar-refractivity contribution in [3.63, 3.8) is 0 Å². The Morgan fingerprint density at radius 3 is 2.77 bits per heavy atom. The number of nitrogens with zero attached hydrogens (tertiary/aromatic N) is 1. The van der Waals surface area contributed by atoms with E-state index in [1.807, 2.05) is 7.05 Å². The summed E-state index contributed by atoms with van der Waals surface area (Å²) >= 11 is 0. The van der Waals surface area contributed by atoms with Gasteiger partial charge in [-0.2, -0.15) is 0 Å². The molecule has 0 spiro atoms. The molecule has 114 valence electrons. The molecule has 22 heavy (non-hydrogen) atoms. The molecule has 4 rings (SSSR count). The highest BCUT2D eigenvalue weighted by molar-refractivity contribution is 5.59. The number of fused-ring (bicyclic) bond motifs is 3. The summed E-state index contributed by atoms with van der Waals surface area (Å²) in [7, 11) is 2.03. The van der Waals surface area contributed by atoms with Crippen molar-refractivity contribution in [3.8, 4) is 0 Å². The SMILES string of the molecule is CNc1cccc2c1C1CNCCN1CC2c1ccccc1. The van der Waals surface area contributed by atoms with E-state index in [9.17, 15) is 0 Å². The molecular weight excluding hydrogens is 270 g/mol. The van der Waals surface area contributed by atoms with Gasteiger partial charge in [-0.1, -0.05) is 42.5 Å². The molecule has 0 saturated carbocycles. The lowest BCUT2D eigenvalue weighted by atomic mass is 9.80. The van der Waals surface area contributed by atoms with Crippen LogP contribution in [-0.2, 0) is 0 Å². The first kappa shape index (κ1) is 13.8. The van der Waals surface area contributed by atoms with Crippen LogP contribution in [0.4, 0.5) is 5.69 Å². The molecule has 2 aliphatic rings. The smallest absolute Gasteiger partial charge is 0.0496 e. The summed E-state index contributed by atoms with van der Waals surface area (Å²) in [5, 5.41) is 6.97. The molecule has 0 amide bonds. The molecule has 0 aliphatic carbocycles. The van der Waals surface area contributed by atoms with Crippen molar-refractivity contribution >= 4 is 5.69 Å². The van der Waals surface area contributed by atoms with E-state index in [0.29, 0.717) is 12.0 Å². The third kappa shape index (κ3) is 2.21. The minimum Gasteiger partial charge on any atom is -0.388 e. The van der Waals surface area contributed by atoms with Gasteiger partial charge in [-0.15, -0.1) is 0 Å². The predicted molar refractivity (Wildman–Crippen MR) is 91.5 cm³/mol. The van der Waals surface area contributed by atoms with Crippen LogP contribution in [0.5, 0.6) is 0 Å². The van der Waals surface area contributed by atoms with Crippen molar-refractivity contribution in [1.82, 2.24) is 10.2 Å². The Kier molecular flexibility index (Phi) is 3.60. The molecule has 2 aliphatic heterocycles. The van der Waals surface area contributed by atoms with Crippen LogP contribution in [0.25, 0.3) is 0 Å². The zero-order chi connectivity index (χ0) is 14.9. The van der Waals surface area contributed by atoms with Crippen molar-refractivity contribution in [3.05, 3.63) is 65.2 Å². The molecule has 0 radical (unpaired) electrons. The fraction of sp³-hybridized carbons (Fsp3) is 0.368. The fourth-order valence-electron chi connectivity index (χ4n) is 4.03. The van der Waals surface area contributed by atoms with Crippen LogP contribution < -0.4 is 10.6 Å². The third-order valence-electron chi connectivity index (χ3n) is 5.09. The molecule has 0 aromatic heterocycles. The van der Waals surface area contributed by atoms with E-state index in [1.54, 1.807) is 0 Å². The van der Waals surface area contributed by atoms with Gasteiger partial charge in [0.15, 0.2) is 0 Å². The Morgan fingerprint density at radius 2 is 1.95 bits per heavy atom. The monoisotopic (exact) mass is 293 g/mol. The van der Waals surface area contributed by atoms with Gasteiger partial charge in [0.25, 0.3) is 0 Å². The number of nitrogens with one attached hydrogen (secondary N) is 2. The number of hydrogen-bond donors (Lipinski definition) is 2. The molecule has 2 atom stereocenters. The molecule has 2 aromatic carbocycles.